The number of pyridine rings is 1. The van der Waals surface area contributed by atoms with Crippen molar-refractivity contribution in [3.05, 3.63) is 48.2 Å². The predicted molar refractivity (Wildman–Crippen MR) is 86.5 cm³/mol. The quantitative estimate of drug-likeness (QED) is 0.946. The number of rotatable bonds is 3. The van der Waals surface area contributed by atoms with E-state index in [4.69, 9.17) is 4.74 Å². The Hall–Kier alpha value is -2.56. The molecule has 2 heterocycles. The number of nitrogens with one attached hydrogen (secondary N) is 1. The molecule has 1 aliphatic rings. The summed E-state index contributed by atoms with van der Waals surface area (Å²) in [4.78, 5) is 18.9. The van der Waals surface area contributed by atoms with Crippen LogP contribution in [0.4, 0.5) is 11.5 Å². The number of anilines is 2. The Morgan fingerprint density at radius 3 is 2.91 bits per heavy atom. The molecule has 0 saturated heterocycles. The zero-order chi connectivity index (χ0) is 15.5. The first-order valence-corrected chi connectivity index (χ1v) is 7.32. The van der Waals surface area contributed by atoms with E-state index in [1.54, 1.807) is 6.20 Å². The molecule has 0 spiro atoms. The largest absolute Gasteiger partial charge is 0.493 e. The fourth-order valence-corrected chi connectivity index (χ4v) is 2.69. The van der Waals surface area contributed by atoms with Gasteiger partial charge in [-0.2, -0.15) is 0 Å². The molecule has 0 radical (unpaired) electrons. The second kappa shape index (κ2) is 6.05. The minimum Gasteiger partial charge on any atom is -0.493 e. The van der Waals surface area contributed by atoms with Crippen LogP contribution >= 0.6 is 0 Å². The predicted octanol–water partition coefficient (Wildman–Crippen LogP) is 2.65. The monoisotopic (exact) mass is 297 g/mol. The van der Waals surface area contributed by atoms with Crippen molar-refractivity contribution < 1.29 is 9.53 Å². The van der Waals surface area contributed by atoms with Crippen molar-refractivity contribution in [1.82, 2.24) is 4.98 Å². The molecule has 0 saturated carbocycles. The van der Waals surface area contributed by atoms with Crippen LogP contribution in [0, 0.1) is 0 Å². The van der Waals surface area contributed by atoms with Crippen LogP contribution < -0.4 is 15.0 Å². The molecule has 1 aliphatic heterocycles. The summed E-state index contributed by atoms with van der Waals surface area (Å²) in [6.45, 7) is 0.558. The molecule has 3 rings (SSSR count). The van der Waals surface area contributed by atoms with Gasteiger partial charge >= 0.3 is 0 Å². The summed E-state index contributed by atoms with van der Waals surface area (Å²) >= 11 is 0. The molecule has 114 valence electrons. The molecule has 5 heteroatoms. The first kappa shape index (κ1) is 14.4. The van der Waals surface area contributed by atoms with Gasteiger partial charge < -0.3 is 15.0 Å². The van der Waals surface area contributed by atoms with E-state index < -0.39 is 0 Å². The maximum Gasteiger partial charge on any atom is 0.232 e. The zero-order valence-electron chi connectivity index (χ0n) is 12.7. The summed E-state index contributed by atoms with van der Waals surface area (Å²) < 4.78 is 5.62. The van der Waals surface area contributed by atoms with Gasteiger partial charge in [0.05, 0.1) is 18.2 Å². The van der Waals surface area contributed by atoms with Crippen molar-refractivity contribution in [2.75, 3.05) is 30.9 Å². The molecular weight excluding hydrogens is 278 g/mol. The van der Waals surface area contributed by atoms with Gasteiger partial charge in [0.2, 0.25) is 5.91 Å². The number of hydrogen-bond acceptors (Lipinski definition) is 4. The highest BCUT2D eigenvalue weighted by Gasteiger charge is 2.28. The second-order valence-electron chi connectivity index (χ2n) is 5.49. The van der Waals surface area contributed by atoms with E-state index in [1.807, 2.05) is 55.4 Å². The SMILES string of the molecule is CN(C)c1ncccc1NC(=O)[C@H]1CCOc2ccccc21. The van der Waals surface area contributed by atoms with Crippen molar-refractivity contribution in [2.24, 2.45) is 0 Å². The van der Waals surface area contributed by atoms with Crippen LogP contribution in [0.3, 0.4) is 0 Å². The Balaban J connectivity index is 1.85. The summed E-state index contributed by atoms with van der Waals surface area (Å²) in [6, 6.07) is 11.4. The number of hydrogen-bond donors (Lipinski definition) is 1. The lowest BCUT2D eigenvalue weighted by Gasteiger charge is -2.25. The summed E-state index contributed by atoms with van der Waals surface area (Å²) in [5.41, 5.74) is 1.67. The highest BCUT2D eigenvalue weighted by molar-refractivity contribution is 5.98. The van der Waals surface area contributed by atoms with E-state index in [-0.39, 0.29) is 11.8 Å². The van der Waals surface area contributed by atoms with E-state index in [0.717, 1.165) is 22.8 Å². The number of amides is 1. The molecule has 1 atom stereocenters. The number of aromatic nitrogens is 1. The van der Waals surface area contributed by atoms with Gasteiger partial charge in [-0.3, -0.25) is 4.79 Å². The third kappa shape index (κ3) is 2.74. The van der Waals surface area contributed by atoms with Crippen LogP contribution in [0.15, 0.2) is 42.6 Å². The van der Waals surface area contributed by atoms with Gasteiger partial charge in [-0.15, -0.1) is 0 Å². The third-order valence-corrected chi connectivity index (χ3v) is 3.74. The maximum absolute atomic E-state index is 12.7. The van der Waals surface area contributed by atoms with Gasteiger partial charge in [0.25, 0.3) is 0 Å². The molecule has 0 unspecified atom stereocenters. The first-order chi connectivity index (χ1) is 10.7. The van der Waals surface area contributed by atoms with Crippen molar-refractivity contribution in [3.63, 3.8) is 0 Å². The van der Waals surface area contributed by atoms with Gasteiger partial charge in [0.1, 0.15) is 5.75 Å². The van der Waals surface area contributed by atoms with E-state index in [1.165, 1.54) is 0 Å². The van der Waals surface area contributed by atoms with Crippen LogP contribution in [-0.4, -0.2) is 31.6 Å². The highest BCUT2D eigenvalue weighted by atomic mass is 16.5. The smallest absolute Gasteiger partial charge is 0.232 e. The van der Waals surface area contributed by atoms with Crippen LogP contribution in [0.2, 0.25) is 0 Å². The topological polar surface area (TPSA) is 54.5 Å². The van der Waals surface area contributed by atoms with E-state index in [2.05, 4.69) is 10.3 Å². The van der Waals surface area contributed by atoms with Crippen LogP contribution in [0.25, 0.3) is 0 Å². The van der Waals surface area contributed by atoms with Crippen molar-refractivity contribution in [2.45, 2.75) is 12.3 Å². The van der Waals surface area contributed by atoms with Crippen molar-refractivity contribution in [3.8, 4) is 5.75 Å². The van der Waals surface area contributed by atoms with Crippen LogP contribution in [-0.2, 0) is 4.79 Å². The van der Waals surface area contributed by atoms with Gasteiger partial charge in [-0.25, -0.2) is 4.98 Å². The molecule has 5 nitrogen and oxygen atoms in total. The Labute approximate surface area is 129 Å². The molecule has 0 bridgehead atoms. The lowest BCUT2D eigenvalue weighted by molar-refractivity contribution is -0.118. The average molecular weight is 297 g/mol. The number of carbonyl (C=O) groups excluding carboxylic acids is 1. The lowest BCUT2D eigenvalue weighted by atomic mass is 9.92. The van der Waals surface area contributed by atoms with Gasteiger partial charge in [-0.05, 0) is 24.6 Å². The van der Waals surface area contributed by atoms with E-state index in [9.17, 15) is 4.79 Å². The third-order valence-electron chi connectivity index (χ3n) is 3.74. The molecule has 0 aliphatic carbocycles. The molecule has 1 N–H and O–H groups in total. The molecular formula is C17H19N3O2. The van der Waals surface area contributed by atoms with Gasteiger partial charge in [0, 0.05) is 25.9 Å². The fraction of sp³-hybridized carbons (Fsp3) is 0.294. The number of benzene rings is 1. The van der Waals surface area contributed by atoms with Crippen LogP contribution in [0.5, 0.6) is 5.75 Å². The molecule has 22 heavy (non-hydrogen) atoms. The lowest BCUT2D eigenvalue weighted by Crippen LogP contribution is -2.27. The second-order valence-corrected chi connectivity index (χ2v) is 5.49. The maximum atomic E-state index is 12.7. The molecule has 1 amide bonds. The summed E-state index contributed by atoms with van der Waals surface area (Å²) in [6.07, 6.45) is 2.40. The standard InChI is InChI=1S/C17H19N3O2/c1-20(2)16-14(7-5-10-18-16)19-17(21)13-9-11-22-15-8-4-3-6-12(13)15/h3-8,10,13H,9,11H2,1-2H3,(H,19,21)/t13-/m0/s1. The van der Waals surface area contributed by atoms with Crippen molar-refractivity contribution >= 4 is 17.4 Å². The van der Waals surface area contributed by atoms with E-state index in [0.29, 0.717) is 13.0 Å². The Bertz CT molecular complexity index is 685. The average Bonchev–Trinajstić information content (AvgIpc) is 2.54. The number of carbonyl (C=O) groups is 1. The van der Waals surface area contributed by atoms with E-state index >= 15 is 0 Å². The van der Waals surface area contributed by atoms with Gasteiger partial charge in [0.15, 0.2) is 5.82 Å². The number of ether oxygens (including phenoxy) is 1. The Morgan fingerprint density at radius 1 is 1.27 bits per heavy atom. The highest BCUT2D eigenvalue weighted by Crippen LogP contribution is 2.34. The fourth-order valence-electron chi connectivity index (χ4n) is 2.69. The first-order valence-electron chi connectivity index (χ1n) is 7.32. The summed E-state index contributed by atoms with van der Waals surface area (Å²) in [5, 5.41) is 3.00. The van der Waals surface area contributed by atoms with Crippen LogP contribution in [0.1, 0.15) is 17.9 Å². The minimum atomic E-state index is -0.194. The minimum absolute atomic E-state index is 0.0214. The zero-order valence-corrected chi connectivity index (χ0v) is 12.7. The molecule has 1 aromatic heterocycles. The molecule has 2 aromatic rings. The van der Waals surface area contributed by atoms with Gasteiger partial charge in [-0.1, -0.05) is 18.2 Å². The normalized spacial score (nSPS) is 16.4. The summed E-state index contributed by atoms with van der Waals surface area (Å²) in [5.74, 6) is 1.33. The number of nitrogens with zero attached hydrogens (tertiary/aromatic N) is 2. The molecule has 1 aromatic carbocycles. The Morgan fingerprint density at radius 2 is 2.09 bits per heavy atom. The number of para-hydroxylation sites is 1. The number of fused-ring (bicyclic) bond motifs is 1. The van der Waals surface area contributed by atoms with Crippen molar-refractivity contribution in [1.29, 1.82) is 0 Å². The Kier molecular flexibility index (Phi) is 3.96. The molecule has 0 fully saturated rings. The summed E-state index contributed by atoms with van der Waals surface area (Å²) in [7, 11) is 3.81.